The predicted octanol–water partition coefficient (Wildman–Crippen LogP) is 3.66. The summed E-state index contributed by atoms with van der Waals surface area (Å²) < 4.78 is 1.16. The van der Waals surface area contributed by atoms with Gasteiger partial charge in [0, 0.05) is 16.2 Å². The van der Waals surface area contributed by atoms with Crippen molar-refractivity contribution >= 4 is 21.7 Å². The molecule has 1 atom stereocenters. The highest BCUT2D eigenvalue weighted by Crippen LogP contribution is 2.32. The lowest BCUT2D eigenvalue weighted by atomic mass is 9.93. The van der Waals surface area contributed by atoms with Crippen molar-refractivity contribution in [3.63, 3.8) is 0 Å². The van der Waals surface area contributed by atoms with Crippen LogP contribution in [0.3, 0.4) is 0 Å². The number of halogens is 1. The van der Waals surface area contributed by atoms with E-state index in [1.54, 1.807) is 6.20 Å². The summed E-state index contributed by atoms with van der Waals surface area (Å²) in [6, 6.07) is 6.41. The second-order valence-electron chi connectivity index (χ2n) is 5.12. The van der Waals surface area contributed by atoms with Gasteiger partial charge in [-0.05, 0) is 56.1 Å². The Morgan fingerprint density at radius 3 is 2.25 bits per heavy atom. The predicted molar refractivity (Wildman–Crippen MR) is 87.9 cm³/mol. The fraction of sp³-hybridized carbons (Fsp3) is 0.312. The Kier molecular flexibility index (Phi) is 4.45. The van der Waals surface area contributed by atoms with Crippen LogP contribution in [0.5, 0.6) is 0 Å². The Balaban J connectivity index is 2.59. The lowest BCUT2D eigenvalue weighted by Crippen LogP contribution is -2.21. The fourth-order valence-corrected chi connectivity index (χ4v) is 2.82. The van der Waals surface area contributed by atoms with Gasteiger partial charge in [-0.25, -0.2) is 4.98 Å². The topological polar surface area (TPSA) is 50.9 Å². The van der Waals surface area contributed by atoms with E-state index in [-0.39, 0.29) is 6.04 Å². The minimum Gasteiger partial charge on any atom is -0.383 e. The highest BCUT2D eigenvalue weighted by molar-refractivity contribution is 9.10. The third-order valence-electron chi connectivity index (χ3n) is 3.61. The first-order valence-corrected chi connectivity index (χ1v) is 7.40. The minimum absolute atomic E-state index is 0.0502. The summed E-state index contributed by atoms with van der Waals surface area (Å²) in [6.07, 6.45) is 1.75. The molecule has 1 aromatic carbocycles. The number of nitrogens with one attached hydrogen (secondary N) is 1. The van der Waals surface area contributed by atoms with Crippen molar-refractivity contribution in [2.24, 2.45) is 0 Å². The van der Waals surface area contributed by atoms with Gasteiger partial charge in [-0.3, -0.25) is 0 Å². The molecule has 0 radical (unpaired) electrons. The van der Waals surface area contributed by atoms with Crippen molar-refractivity contribution in [1.82, 2.24) is 10.3 Å². The molecule has 106 valence electrons. The summed E-state index contributed by atoms with van der Waals surface area (Å²) >= 11 is 3.61. The van der Waals surface area contributed by atoms with Gasteiger partial charge >= 0.3 is 0 Å². The Labute approximate surface area is 128 Å². The first-order valence-electron chi connectivity index (χ1n) is 6.60. The Hall–Kier alpha value is -1.39. The molecule has 3 nitrogen and oxygen atoms in total. The van der Waals surface area contributed by atoms with Crippen LogP contribution in [0.2, 0.25) is 0 Å². The van der Waals surface area contributed by atoms with Crippen molar-refractivity contribution in [3.8, 4) is 0 Å². The van der Waals surface area contributed by atoms with E-state index in [9.17, 15) is 0 Å². The van der Waals surface area contributed by atoms with Crippen LogP contribution in [-0.4, -0.2) is 12.0 Å². The van der Waals surface area contributed by atoms with E-state index in [1.807, 2.05) is 13.1 Å². The number of hydrogen-bond donors (Lipinski definition) is 2. The second-order valence-corrected chi connectivity index (χ2v) is 5.91. The smallest absolute Gasteiger partial charge is 0.128 e. The quantitative estimate of drug-likeness (QED) is 0.901. The van der Waals surface area contributed by atoms with Gasteiger partial charge < -0.3 is 11.1 Å². The zero-order chi connectivity index (χ0) is 14.9. The highest BCUT2D eigenvalue weighted by atomic mass is 79.9. The molecule has 0 aliphatic carbocycles. The van der Waals surface area contributed by atoms with Gasteiger partial charge in [-0.1, -0.05) is 28.1 Å². The van der Waals surface area contributed by atoms with Crippen LogP contribution in [-0.2, 0) is 0 Å². The SMILES string of the molecule is CNC(c1cc(C)c(Br)c(C)c1)c1c(C)ccnc1N. The maximum Gasteiger partial charge on any atom is 0.128 e. The maximum absolute atomic E-state index is 6.08. The number of nitrogens with two attached hydrogens (primary N) is 1. The zero-order valence-electron chi connectivity index (χ0n) is 12.3. The molecule has 2 rings (SSSR count). The van der Waals surface area contributed by atoms with Gasteiger partial charge in [-0.15, -0.1) is 0 Å². The van der Waals surface area contributed by atoms with Crippen molar-refractivity contribution in [2.75, 3.05) is 12.8 Å². The van der Waals surface area contributed by atoms with Gasteiger partial charge in [0.25, 0.3) is 0 Å². The Morgan fingerprint density at radius 1 is 1.15 bits per heavy atom. The molecule has 0 aliphatic rings. The van der Waals surface area contributed by atoms with E-state index in [4.69, 9.17) is 5.73 Å². The molecule has 0 bridgehead atoms. The summed E-state index contributed by atoms with van der Waals surface area (Å²) in [4.78, 5) is 4.23. The molecule has 1 unspecified atom stereocenters. The number of anilines is 1. The van der Waals surface area contributed by atoms with Gasteiger partial charge in [0.15, 0.2) is 0 Å². The van der Waals surface area contributed by atoms with Gasteiger partial charge in [-0.2, -0.15) is 0 Å². The maximum atomic E-state index is 6.08. The van der Waals surface area contributed by atoms with Crippen molar-refractivity contribution < 1.29 is 0 Å². The molecular formula is C16H20BrN3. The first-order chi connectivity index (χ1) is 9.45. The van der Waals surface area contributed by atoms with E-state index in [0.29, 0.717) is 5.82 Å². The fourth-order valence-electron chi connectivity index (χ4n) is 2.59. The minimum atomic E-state index is 0.0502. The third kappa shape index (κ3) is 2.72. The van der Waals surface area contributed by atoms with Crippen LogP contribution in [0.25, 0.3) is 0 Å². The molecule has 0 aliphatic heterocycles. The van der Waals surface area contributed by atoms with E-state index in [0.717, 1.165) is 15.6 Å². The van der Waals surface area contributed by atoms with Crippen LogP contribution in [0.15, 0.2) is 28.9 Å². The monoisotopic (exact) mass is 333 g/mol. The molecule has 0 saturated carbocycles. The molecular weight excluding hydrogens is 314 g/mol. The zero-order valence-corrected chi connectivity index (χ0v) is 13.9. The van der Waals surface area contributed by atoms with Crippen molar-refractivity contribution in [3.05, 3.63) is 56.7 Å². The lowest BCUT2D eigenvalue weighted by molar-refractivity contribution is 0.685. The molecule has 0 spiro atoms. The molecule has 3 N–H and O–H groups in total. The van der Waals surface area contributed by atoms with Gasteiger partial charge in [0.2, 0.25) is 0 Å². The normalized spacial score (nSPS) is 12.4. The van der Waals surface area contributed by atoms with Crippen LogP contribution in [0, 0.1) is 20.8 Å². The Bertz CT molecular complexity index is 594. The summed E-state index contributed by atoms with van der Waals surface area (Å²) in [5.74, 6) is 0.586. The largest absolute Gasteiger partial charge is 0.383 e. The van der Waals surface area contributed by atoms with E-state index in [1.165, 1.54) is 16.7 Å². The third-order valence-corrected chi connectivity index (χ3v) is 4.86. The second kappa shape index (κ2) is 5.94. The number of hydrogen-bond acceptors (Lipinski definition) is 3. The number of benzene rings is 1. The lowest BCUT2D eigenvalue weighted by Gasteiger charge is -2.22. The summed E-state index contributed by atoms with van der Waals surface area (Å²) in [5.41, 5.74) is 11.9. The molecule has 4 heteroatoms. The molecule has 0 amide bonds. The molecule has 1 aromatic heterocycles. The Morgan fingerprint density at radius 2 is 1.75 bits per heavy atom. The molecule has 0 saturated heterocycles. The first kappa shape index (κ1) is 15.0. The van der Waals surface area contributed by atoms with Crippen LogP contribution >= 0.6 is 15.9 Å². The van der Waals surface area contributed by atoms with Crippen LogP contribution in [0.4, 0.5) is 5.82 Å². The summed E-state index contributed by atoms with van der Waals surface area (Å²) in [6.45, 7) is 6.27. The molecule has 0 fully saturated rings. The number of rotatable bonds is 3. The number of aromatic nitrogens is 1. The molecule has 1 heterocycles. The summed E-state index contributed by atoms with van der Waals surface area (Å²) in [7, 11) is 1.95. The highest BCUT2D eigenvalue weighted by Gasteiger charge is 2.19. The number of aryl methyl sites for hydroxylation is 3. The van der Waals surface area contributed by atoms with Crippen LogP contribution < -0.4 is 11.1 Å². The van der Waals surface area contributed by atoms with Crippen molar-refractivity contribution in [2.45, 2.75) is 26.8 Å². The van der Waals surface area contributed by atoms with Crippen molar-refractivity contribution in [1.29, 1.82) is 0 Å². The molecule has 2 aromatic rings. The average molecular weight is 334 g/mol. The van der Waals surface area contributed by atoms with E-state index in [2.05, 4.69) is 59.1 Å². The standard InChI is InChI=1S/C16H20BrN3/c1-9-5-6-20-16(18)13(9)15(19-4)12-7-10(2)14(17)11(3)8-12/h5-8,15,19H,1-4H3,(H2,18,20). The van der Waals surface area contributed by atoms with Gasteiger partial charge in [0.1, 0.15) is 5.82 Å². The number of pyridine rings is 1. The average Bonchev–Trinajstić information content (AvgIpc) is 2.40. The van der Waals surface area contributed by atoms with Gasteiger partial charge in [0.05, 0.1) is 6.04 Å². The number of nitrogens with zero attached hydrogens (tertiary/aromatic N) is 1. The van der Waals surface area contributed by atoms with Crippen LogP contribution in [0.1, 0.15) is 33.9 Å². The number of nitrogen functional groups attached to an aromatic ring is 1. The molecule has 20 heavy (non-hydrogen) atoms. The van der Waals surface area contributed by atoms with E-state index < -0.39 is 0 Å². The van der Waals surface area contributed by atoms with E-state index >= 15 is 0 Å². The summed E-state index contributed by atoms with van der Waals surface area (Å²) in [5, 5.41) is 3.35.